The Bertz CT molecular complexity index is 744. The first-order valence-electron chi connectivity index (χ1n) is 5.77. The maximum absolute atomic E-state index is 12.9. The highest BCUT2D eigenvalue weighted by molar-refractivity contribution is 14.1. The quantitative estimate of drug-likeness (QED) is 0.593. The van der Waals surface area contributed by atoms with E-state index in [2.05, 4.69) is 9.97 Å². The molecule has 0 saturated heterocycles. The third-order valence-corrected chi connectivity index (χ3v) is 3.88. The van der Waals surface area contributed by atoms with Crippen molar-refractivity contribution in [1.82, 2.24) is 9.97 Å². The first-order valence-corrected chi connectivity index (χ1v) is 6.85. The summed E-state index contributed by atoms with van der Waals surface area (Å²) >= 11 is 1.69. The van der Waals surface area contributed by atoms with E-state index in [9.17, 15) is 13.2 Å². The predicted molar refractivity (Wildman–Crippen MR) is 79.2 cm³/mol. The number of alkyl halides is 3. The van der Waals surface area contributed by atoms with Crippen molar-refractivity contribution in [3.63, 3.8) is 0 Å². The standard InChI is InChI=1S/C14H8F3IN2/c15-14(16,17)9-7-8(5-6-10(9)18)13-19-11-3-1-2-4-12(11)20-13/h1-7H,(H,19,20). The number of H-pyrrole nitrogens is 1. The van der Waals surface area contributed by atoms with Gasteiger partial charge in [-0.1, -0.05) is 18.2 Å². The van der Waals surface area contributed by atoms with Gasteiger partial charge in [0.15, 0.2) is 0 Å². The van der Waals surface area contributed by atoms with Gasteiger partial charge in [0.05, 0.1) is 16.6 Å². The van der Waals surface area contributed by atoms with Crippen LogP contribution in [0.25, 0.3) is 22.4 Å². The first-order chi connectivity index (χ1) is 9.45. The highest BCUT2D eigenvalue weighted by Crippen LogP contribution is 2.35. The molecule has 1 heterocycles. The Morgan fingerprint density at radius 2 is 1.80 bits per heavy atom. The molecule has 0 amide bonds. The predicted octanol–water partition coefficient (Wildman–Crippen LogP) is 4.85. The van der Waals surface area contributed by atoms with E-state index in [1.165, 1.54) is 6.07 Å². The second-order valence-corrected chi connectivity index (χ2v) is 5.46. The summed E-state index contributed by atoms with van der Waals surface area (Å²) in [5.41, 5.74) is 1.31. The number of rotatable bonds is 1. The Labute approximate surface area is 126 Å². The van der Waals surface area contributed by atoms with Crippen molar-refractivity contribution in [2.24, 2.45) is 0 Å². The number of fused-ring (bicyclic) bond motifs is 1. The molecule has 2 aromatic carbocycles. The monoisotopic (exact) mass is 388 g/mol. The smallest absolute Gasteiger partial charge is 0.338 e. The van der Waals surface area contributed by atoms with Gasteiger partial charge in [0, 0.05) is 9.13 Å². The Hall–Kier alpha value is -1.57. The van der Waals surface area contributed by atoms with Crippen molar-refractivity contribution in [2.45, 2.75) is 6.18 Å². The molecule has 0 spiro atoms. The summed E-state index contributed by atoms with van der Waals surface area (Å²) in [6.45, 7) is 0. The van der Waals surface area contributed by atoms with E-state index in [-0.39, 0.29) is 3.57 Å². The molecule has 1 aromatic heterocycles. The molecule has 0 bridgehead atoms. The fraction of sp³-hybridized carbons (Fsp3) is 0.0714. The molecule has 3 rings (SSSR count). The normalized spacial score (nSPS) is 12.0. The molecule has 102 valence electrons. The fourth-order valence-corrected chi connectivity index (χ4v) is 2.62. The Morgan fingerprint density at radius 3 is 2.50 bits per heavy atom. The number of hydrogen-bond acceptors (Lipinski definition) is 1. The molecule has 2 nitrogen and oxygen atoms in total. The van der Waals surface area contributed by atoms with Crippen LogP contribution in [-0.4, -0.2) is 9.97 Å². The second kappa shape index (κ2) is 4.76. The Morgan fingerprint density at radius 1 is 1.05 bits per heavy atom. The zero-order chi connectivity index (χ0) is 14.3. The molecule has 20 heavy (non-hydrogen) atoms. The second-order valence-electron chi connectivity index (χ2n) is 4.29. The molecular formula is C14H8F3IN2. The van der Waals surface area contributed by atoms with Gasteiger partial charge >= 0.3 is 6.18 Å². The van der Waals surface area contributed by atoms with E-state index in [0.717, 1.165) is 17.1 Å². The molecule has 0 atom stereocenters. The van der Waals surface area contributed by atoms with E-state index < -0.39 is 11.7 Å². The molecule has 1 N–H and O–H groups in total. The lowest BCUT2D eigenvalue weighted by molar-refractivity contribution is -0.138. The molecule has 0 aliphatic carbocycles. The van der Waals surface area contributed by atoms with Gasteiger partial charge in [-0.15, -0.1) is 0 Å². The number of para-hydroxylation sites is 2. The van der Waals surface area contributed by atoms with E-state index in [4.69, 9.17) is 0 Å². The Balaban J connectivity index is 2.14. The maximum Gasteiger partial charge on any atom is 0.417 e. The molecule has 0 fully saturated rings. The van der Waals surface area contributed by atoms with Gasteiger partial charge in [0.1, 0.15) is 5.82 Å². The summed E-state index contributed by atoms with van der Waals surface area (Å²) in [5, 5.41) is 0. The summed E-state index contributed by atoms with van der Waals surface area (Å²) < 4.78 is 38.9. The van der Waals surface area contributed by atoms with Crippen molar-refractivity contribution in [2.75, 3.05) is 0 Å². The van der Waals surface area contributed by atoms with Crippen LogP contribution in [0.4, 0.5) is 13.2 Å². The van der Waals surface area contributed by atoms with Crippen molar-refractivity contribution in [3.8, 4) is 11.4 Å². The Kier molecular flexibility index (Phi) is 3.19. The lowest BCUT2D eigenvalue weighted by Gasteiger charge is -2.10. The summed E-state index contributed by atoms with van der Waals surface area (Å²) in [6.07, 6.45) is -4.36. The number of nitrogens with one attached hydrogen (secondary N) is 1. The number of hydrogen-bond donors (Lipinski definition) is 1. The number of halogens is 4. The maximum atomic E-state index is 12.9. The number of aromatic nitrogens is 2. The molecule has 0 saturated carbocycles. The third kappa shape index (κ3) is 2.39. The average Bonchev–Trinajstić information content (AvgIpc) is 2.81. The number of nitrogens with zero attached hydrogens (tertiary/aromatic N) is 1. The number of aromatic amines is 1. The number of imidazole rings is 1. The minimum absolute atomic E-state index is 0.176. The topological polar surface area (TPSA) is 28.7 Å². The SMILES string of the molecule is FC(F)(F)c1cc(-c2nc3ccccc3[nH]2)ccc1I. The minimum atomic E-state index is -4.36. The van der Waals surface area contributed by atoms with Crippen LogP contribution in [0.1, 0.15) is 5.56 Å². The number of benzene rings is 2. The van der Waals surface area contributed by atoms with Crippen LogP contribution in [-0.2, 0) is 6.18 Å². The fourth-order valence-electron chi connectivity index (χ4n) is 1.98. The van der Waals surface area contributed by atoms with Crippen molar-refractivity contribution in [1.29, 1.82) is 0 Å². The highest BCUT2D eigenvalue weighted by atomic mass is 127. The minimum Gasteiger partial charge on any atom is -0.338 e. The largest absolute Gasteiger partial charge is 0.417 e. The summed E-state index contributed by atoms with van der Waals surface area (Å²) in [5.74, 6) is 0.438. The van der Waals surface area contributed by atoms with Crippen LogP contribution in [0, 0.1) is 3.57 Å². The summed E-state index contributed by atoms with van der Waals surface area (Å²) in [4.78, 5) is 7.34. The zero-order valence-corrected chi connectivity index (χ0v) is 12.2. The van der Waals surface area contributed by atoms with Crippen LogP contribution < -0.4 is 0 Å². The summed E-state index contributed by atoms with van der Waals surface area (Å²) in [7, 11) is 0. The van der Waals surface area contributed by atoms with Crippen LogP contribution in [0.3, 0.4) is 0 Å². The van der Waals surface area contributed by atoms with Gasteiger partial charge in [-0.25, -0.2) is 4.98 Å². The molecule has 0 aliphatic heterocycles. The van der Waals surface area contributed by atoms with Gasteiger partial charge in [-0.2, -0.15) is 13.2 Å². The van der Waals surface area contributed by atoms with Crippen LogP contribution >= 0.6 is 22.6 Å². The van der Waals surface area contributed by atoms with E-state index in [1.54, 1.807) is 28.7 Å². The molecule has 6 heteroatoms. The first kappa shape index (κ1) is 13.4. The van der Waals surface area contributed by atoms with Gasteiger partial charge < -0.3 is 4.98 Å². The van der Waals surface area contributed by atoms with Gasteiger partial charge in [0.25, 0.3) is 0 Å². The van der Waals surface area contributed by atoms with Gasteiger partial charge in [-0.3, -0.25) is 0 Å². The van der Waals surface area contributed by atoms with E-state index in [0.29, 0.717) is 11.4 Å². The van der Waals surface area contributed by atoms with Crippen LogP contribution in [0.5, 0.6) is 0 Å². The van der Waals surface area contributed by atoms with Crippen molar-refractivity contribution < 1.29 is 13.2 Å². The molecule has 0 aliphatic rings. The van der Waals surface area contributed by atoms with Crippen molar-refractivity contribution in [3.05, 3.63) is 51.6 Å². The third-order valence-electron chi connectivity index (χ3n) is 2.93. The molecule has 0 radical (unpaired) electrons. The molecule has 0 unspecified atom stereocenters. The van der Waals surface area contributed by atoms with E-state index in [1.807, 2.05) is 24.3 Å². The highest BCUT2D eigenvalue weighted by Gasteiger charge is 2.33. The van der Waals surface area contributed by atoms with Crippen LogP contribution in [0.15, 0.2) is 42.5 Å². The lowest BCUT2D eigenvalue weighted by atomic mass is 10.1. The molecular weight excluding hydrogens is 380 g/mol. The average molecular weight is 388 g/mol. The summed E-state index contributed by atoms with van der Waals surface area (Å²) in [6, 6.07) is 11.5. The van der Waals surface area contributed by atoms with Crippen LogP contribution in [0.2, 0.25) is 0 Å². The van der Waals surface area contributed by atoms with Gasteiger partial charge in [0.2, 0.25) is 0 Å². The molecule has 3 aromatic rings. The zero-order valence-electron chi connectivity index (χ0n) is 10.0. The van der Waals surface area contributed by atoms with E-state index >= 15 is 0 Å². The lowest BCUT2D eigenvalue weighted by Crippen LogP contribution is -2.07. The van der Waals surface area contributed by atoms with Crippen molar-refractivity contribution >= 4 is 33.6 Å². The van der Waals surface area contributed by atoms with Gasteiger partial charge in [-0.05, 0) is 46.9 Å².